The molecule has 0 saturated carbocycles. The van der Waals surface area contributed by atoms with Gasteiger partial charge in [-0.15, -0.1) is 0 Å². The van der Waals surface area contributed by atoms with E-state index in [0.29, 0.717) is 30.5 Å². The number of aromatic nitrogens is 4. The van der Waals surface area contributed by atoms with E-state index < -0.39 is 5.54 Å². The summed E-state index contributed by atoms with van der Waals surface area (Å²) in [6.07, 6.45) is 1.70. The fraction of sp³-hybridized carbons (Fsp3) is 0.391. The lowest BCUT2D eigenvalue weighted by Gasteiger charge is -2.34. The molecular weight excluding hydrogens is 436 g/mol. The first-order valence-corrected chi connectivity index (χ1v) is 10.7. The number of fused-ring (bicyclic) bond motifs is 1. The summed E-state index contributed by atoms with van der Waals surface area (Å²) in [7, 11) is 4.01. The Hall–Kier alpha value is -3.11. The van der Waals surface area contributed by atoms with Gasteiger partial charge in [0.1, 0.15) is 11.6 Å². The number of nitrogens with zero attached hydrogens (tertiary/aromatic N) is 5. The molecule has 0 radical (unpaired) electrons. The number of anilines is 2. The molecule has 3 N–H and O–H groups in total. The van der Waals surface area contributed by atoms with Crippen LogP contribution in [0, 0.1) is 6.92 Å². The Balaban J connectivity index is 0.00000306. The monoisotopic (exact) mass is 468 g/mol. The maximum absolute atomic E-state index is 13.4. The number of carbonyl (C=O) groups is 1. The molecule has 9 nitrogen and oxygen atoms in total. The highest BCUT2D eigenvalue weighted by molar-refractivity contribution is 7.59. The first-order chi connectivity index (χ1) is 15.3. The van der Waals surface area contributed by atoms with Gasteiger partial charge in [-0.3, -0.25) is 5.10 Å². The molecule has 3 heterocycles. The van der Waals surface area contributed by atoms with Crippen molar-refractivity contribution in [3.05, 3.63) is 65.2 Å². The lowest BCUT2D eigenvalue weighted by molar-refractivity contribution is 0.138. The van der Waals surface area contributed by atoms with Crippen LogP contribution in [0.3, 0.4) is 0 Å². The number of benzene rings is 1. The van der Waals surface area contributed by atoms with E-state index >= 15 is 0 Å². The van der Waals surface area contributed by atoms with Gasteiger partial charge in [-0.05, 0) is 46.5 Å². The van der Waals surface area contributed by atoms with Crippen molar-refractivity contribution in [2.45, 2.75) is 38.9 Å². The molecule has 1 aliphatic heterocycles. The Bertz CT molecular complexity index is 1100. The van der Waals surface area contributed by atoms with Crippen LogP contribution in [0.2, 0.25) is 0 Å². The molecule has 1 aliphatic rings. The molecular formula is C23H32N8OS. The van der Waals surface area contributed by atoms with Crippen molar-refractivity contribution in [2.75, 3.05) is 26.0 Å². The number of hydrogen-bond donors (Lipinski definition) is 3. The molecule has 1 atom stereocenters. The van der Waals surface area contributed by atoms with Crippen molar-refractivity contribution in [2.24, 2.45) is 0 Å². The minimum atomic E-state index is -0.534. The van der Waals surface area contributed by atoms with E-state index in [9.17, 15) is 4.79 Å². The van der Waals surface area contributed by atoms with Crippen LogP contribution >= 0.6 is 13.5 Å². The van der Waals surface area contributed by atoms with E-state index in [1.165, 1.54) is 0 Å². The summed E-state index contributed by atoms with van der Waals surface area (Å²) >= 11 is 0. The lowest BCUT2D eigenvalue weighted by Crippen LogP contribution is -2.48. The second-order valence-corrected chi connectivity index (χ2v) is 8.86. The van der Waals surface area contributed by atoms with Crippen molar-refractivity contribution < 1.29 is 4.79 Å². The average molecular weight is 469 g/mol. The summed E-state index contributed by atoms with van der Waals surface area (Å²) in [5, 5.41) is 14.1. The van der Waals surface area contributed by atoms with Gasteiger partial charge in [-0.2, -0.15) is 18.6 Å². The van der Waals surface area contributed by atoms with Crippen LogP contribution in [0.1, 0.15) is 42.5 Å². The zero-order valence-corrected chi connectivity index (χ0v) is 20.7. The van der Waals surface area contributed by atoms with Crippen LogP contribution in [-0.4, -0.2) is 56.6 Å². The first kappa shape index (κ1) is 24.5. The summed E-state index contributed by atoms with van der Waals surface area (Å²) < 4.78 is 0. The van der Waals surface area contributed by atoms with Gasteiger partial charge in [-0.1, -0.05) is 30.3 Å². The van der Waals surface area contributed by atoms with Gasteiger partial charge in [0.25, 0.3) is 0 Å². The van der Waals surface area contributed by atoms with E-state index in [1.807, 2.05) is 70.1 Å². The van der Waals surface area contributed by atoms with Gasteiger partial charge in [0, 0.05) is 18.3 Å². The Morgan fingerprint density at radius 3 is 2.64 bits per heavy atom. The number of nitrogens with one attached hydrogen (secondary N) is 3. The van der Waals surface area contributed by atoms with Crippen molar-refractivity contribution in [3.63, 3.8) is 0 Å². The van der Waals surface area contributed by atoms with Crippen molar-refractivity contribution in [1.82, 2.24) is 35.3 Å². The zero-order valence-electron chi connectivity index (χ0n) is 19.7. The summed E-state index contributed by atoms with van der Waals surface area (Å²) in [4.78, 5) is 25.9. The number of rotatable bonds is 6. The van der Waals surface area contributed by atoms with Gasteiger partial charge >= 0.3 is 6.03 Å². The molecule has 0 spiro atoms. The highest BCUT2D eigenvalue weighted by Crippen LogP contribution is 2.41. The third-order valence-corrected chi connectivity index (χ3v) is 5.78. The van der Waals surface area contributed by atoms with Gasteiger partial charge < -0.3 is 20.4 Å². The number of H-pyrrole nitrogens is 1. The average Bonchev–Trinajstić information content (AvgIpc) is 3.26. The Morgan fingerprint density at radius 2 is 1.97 bits per heavy atom. The van der Waals surface area contributed by atoms with Crippen LogP contribution in [0.4, 0.5) is 16.4 Å². The first-order valence-electron chi connectivity index (χ1n) is 10.7. The largest absolute Gasteiger partial charge is 0.330 e. The second-order valence-electron chi connectivity index (χ2n) is 8.86. The van der Waals surface area contributed by atoms with Gasteiger partial charge in [0.05, 0.1) is 23.8 Å². The fourth-order valence-corrected chi connectivity index (χ4v) is 4.10. The van der Waals surface area contributed by atoms with E-state index in [1.54, 1.807) is 12.3 Å². The molecule has 1 aromatic carbocycles. The number of amides is 2. The zero-order chi connectivity index (χ0) is 22.9. The normalized spacial score (nSPS) is 15.0. The summed E-state index contributed by atoms with van der Waals surface area (Å²) in [6.45, 7) is 7.04. The molecule has 0 fully saturated rings. The number of carbonyl (C=O) groups excluding carboxylic acids is 1. The summed E-state index contributed by atoms with van der Waals surface area (Å²) in [5.74, 6) is 2.02. The molecule has 176 valence electrons. The number of likely N-dealkylation sites (N-methyl/N-ethyl adjacent to an activating group) is 1. The Labute approximate surface area is 201 Å². The highest BCUT2D eigenvalue weighted by Gasteiger charge is 2.44. The van der Waals surface area contributed by atoms with Crippen LogP contribution in [0.15, 0.2) is 42.6 Å². The molecule has 3 aromatic rings. The lowest BCUT2D eigenvalue weighted by atomic mass is 10.0. The predicted octanol–water partition coefficient (Wildman–Crippen LogP) is 3.43. The van der Waals surface area contributed by atoms with Crippen LogP contribution in [0.5, 0.6) is 0 Å². The van der Waals surface area contributed by atoms with Crippen molar-refractivity contribution in [1.29, 1.82) is 0 Å². The van der Waals surface area contributed by atoms with Crippen molar-refractivity contribution >= 4 is 31.2 Å². The molecule has 2 amide bonds. The van der Waals surface area contributed by atoms with Crippen molar-refractivity contribution in [3.8, 4) is 0 Å². The van der Waals surface area contributed by atoms with Crippen LogP contribution in [0.25, 0.3) is 0 Å². The second kappa shape index (κ2) is 9.80. The predicted molar refractivity (Wildman–Crippen MR) is 134 cm³/mol. The van der Waals surface area contributed by atoms with Gasteiger partial charge in [-0.25, -0.2) is 14.8 Å². The number of aromatic amines is 1. The highest BCUT2D eigenvalue weighted by atomic mass is 32.1. The molecule has 10 heteroatoms. The standard InChI is InChI=1S/C23H30N8O.H2S/c1-15-24-12-11-19(25-15)27-21-17-13-31(23(2,3)20(17)28-29-21)22(32)26-18(14-30(4)5)16-9-7-6-8-10-16;/h6-12,18H,13-14H2,1-5H3,(H,26,32)(H2,24,25,27,28,29);1H2/t18-;/m1./s1. The van der Waals surface area contributed by atoms with Crippen LogP contribution in [-0.2, 0) is 12.1 Å². The minimum absolute atomic E-state index is 0. The van der Waals surface area contributed by atoms with Crippen LogP contribution < -0.4 is 10.6 Å². The number of aryl methyl sites for hydroxylation is 1. The third kappa shape index (κ3) is 5.12. The maximum atomic E-state index is 13.4. The van der Waals surface area contributed by atoms with Gasteiger partial charge in [0.2, 0.25) is 0 Å². The topological polar surface area (TPSA) is 102 Å². The molecule has 0 aliphatic carbocycles. The number of urea groups is 1. The summed E-state index contributed by atoms with van der Waals surface area (Å²) in [5.41, 5.74) is 2.43. The SMILES string of the molecule is Cc1nccc(Nc2n[nH]c3c2CN(C(=O)N[C@H](CN(C)C)c2ccccc2)C3(C)C)n1.S. The minimum Gasteiger partial charge on any atom is -0.330 e. The van der Waals surface area contributed by atoms with Gasteiger partial charge in [0.15, 0.2) is 5.82 Å². The molecule has 0 bridgehead atoms. The smallest absolute Gasteiger partial charge is 0.319 e. The Kier molecular flexibility index (Phi) is 7.28. The van der Waals surface area contributed by atoms with E-state index in [4.69, 9.17) is 0 Å². The quantitative estimate of drug-likeness (QED) is 0.512. The number of hydrogen-bond acceptors (Lipinski definition) is 6. The molecule has 33 heavy (non-hydrogen) atoms. The van der Waals surface area contributed by atoms with E-state index in [-0.39, 0.29) is 25.6 Å². The van der Waals surface area contributed by atoms with E-state index in [2.05, 4.69) is 35.7 Å². The fourth-order valence-electron chi connectivity index (χ4n) is 4.10. The molecule has 4 rings (SSSR count). The molecule has 0 unspecified atom stereocenters. The third-order valence-electron chi connectivity index (χ3n) is 5.78. The molecule has 0 saturated heterocycles. The Morgan fingerprint density at radius 1 is 1.24 bits per heavy atom. The van der Waals surface area contributed by atoms with E-state index in [0.717, 1.165) is 16.8 Å². The maximum Gasteiger partial charge on any atom is 0.319 e. The summed E-state index contributed by atoms with van der Waals surface area (Å²) in [6, 6.07) is 11.6. The molecule has 2 aromatic heterocycles.